The fourth-order valence-corrected chi connectivity index (χ4v) is 4.66. The van der Waals surface area contributed by atoms with Crippen LogP contribution in [0.3, 0.4) is 0 Å². The minimum atomic E-state index is -0.625. The first kappa shape index (κ1) is 22.0. The van der Waals surface area contributed by atoms with Gasteiger partial charge in [-0.25, -0.2) is 4.79 Å². The van der Waals surface area contributed by atoms with Crippen LogP contribution in [0.25, 0.3) is 0 Å². The molecule has 2 fully saturated rings. The van der Waals surface area contributed by atoms with Gasteiger partial charge in [-0.05, 0) is 55.0 Å². The van der Waals surface area contributed by atoms with Crippen molar-refractivity contribution in [3.05, 3.63) is 54.1 Å². The summed E-state index contributed by atoms with van der Waals surface area (Å²) in [5.41, 5.74) is 1.56. The monoisotopic (exact) mass is 454 g/mol. The molecule has 4 amide bonds. The number of hydrogen-bond donors (Lipinski definition) is 4. The Morgan fingerprint density at radius 3 is 2.75 bits per heavy atom. The van der Waals surface area contributed by atoms with Gasteiger partial charge in [-0.1, -0.05) is 18.2 Å². The molecule has 4 rings (SSSR count). The van der Waals surface area contributed by atoms with Gasteiger partial charge in [0.2, 0.25) is 11.8 Å². The predicted molar refractivity (Wildman–Crippen MR) is 123 cm³/mol. The van der Waals surface area contributed by atoms with Crippen molar-refractivity contribution in [1.29, 1.82) is 0 Å². The molecule has 168 valence electrons. The zero-order valence-corrected chi connectivity index (χ0v) is 18.5. The number of carbonyl (C=O) groups is 3. The molecule has 2 aromatic carbocycles. The maximum absolute atomic E-state index is 13.0. The topological polar surface area (TPSA) is 111 Å². The van der Waals surface area contributed by atoms with E-state index in [1.54, 1.807) is 40.9 Å². The third kappa shape index (κ3) is 4.99. The van der Waals surface area contributed by atoms with E-state index < -0.39 is 12.1 Å². The maximum Gasteiger partial charge on any atom is 0.319 e. The van der Waals surface area contributed by atoms with Crippen LogP contribution >= 0.6 is 11.8 Å². The van der Waals surface area contributed by atoms with E-state index in [1.165, 1.54) is 0 Å². The number of piperidine rings is 1. The number of nitrogens with one attached hydrogen (secondary N) is 3. The van der Waals surface area contributed by atoms with Crippen LogP contribution in [-0.2, 0) is 16.0 Å². The quantitative estimate of drug-likeness (QED) is 0.519. The molecule has 2 saturated heterocycles. The number of nitrogens with zero attached hydrogens (tertiary/aromatic N) is 1. The Labute approximate surface area is 190 Å². The van der Waals surface area contributed by atoms with Crippen LogP contribution in [0.1, 0.15) is 18.4 Å². The highest BCUT2D eigenvalue weighted by atomic mass is 32.2. The van der Waals surface area contributed by atoms with Crippen LogP contribution in [0.15, 0.2) is 53.4 Å². The number of anilines is 1. The number of amides is 4. The molecule has 0 saturated carbocycles. The van der Waals surface area contributed by atoms with Crippen molar-refractivity contribution in [3.63, 3.8) is 0 Å². The van der Waals surface area contributed by atoms with E-state index in [4.69, 9.17) is 0 Å². The molecule has 4 N–H and O–H groups in total. The Kier molecular flexibility index (Phi) is 6.55. The Bertz CT molecular complexity index is 1010. The Morgan fingerprint density at radius 1 is 1.22 bits per heavy atom. The molecule has 2 aliphatic heterocycles. The van der Waals surface area contributed by atoms with Gasteiger partial charge in [0.15, 0.2) is 0 Å². The average molecular weight is 455 g/mol. The van der Waals surface area contributed by atoms with E-state index >= 15 is 0 Å². The smallest absolute Gasteiger partial charge is 0.319 e. The fraction of sp³-hybridized carbons (Fsp3) is 0.348. The van der Waals surface area contributed by atoms with Gasteiger partial charge in [-0.3, -0.25) is 9.59 Å². The number of phenolic OH excluding ortho intramolecular Hbond substituents is 1. The predicted octanol–water partition coefficient (Wildman–Crippen LogP) is 2.34. The van der Waals surface area contributed by atoms with Crippen molar-refractivity contribution in [2.24, 2.45) is 0 Å². The molecule has 0 bridgehead atoms. The van der Waals surface area contributed by atoms with Crippen LogP contribution in [0, 0.1) is 0 Å². The molecule has 0 aliphatic carbocycles. The Morgan fingerprint density at radius 2 is 2.00 bits per heavy atom. The summed E-state index contributed by atoms with van der Waals surface area (Å²) in [4.78, 5) is 40.8. The molecule has 2 aromatic rings. The molecule has 0 unspecified atom stereocenters. The summed E-state index contributed by atoms with van der Waals surface area (Å²) < 4.78 is 0. The van der Waals surface area contributed by atoms with Crippen LogP contribution in [0.5, 0.6) is 5.75 Å². The summed E-state index contributed by atoms with van der Waals surface area (Å²) in [6.45, 7) is 0.413. The van der Waals surface area contributed by atoms with Crippen molar-refractivity contribution in [2.45, 2.75) is 42.3 Å². The highest BCUT2D eigenvalue weighted by Crippen LogP contribution is 2.24. The lowest BCUT2D eigenvalue weighted by atomic mass is 9.91. The molecule has 32 heavy (non-hydrogen) atoms. The van der Waals surface area contributed by atoms with Gasteiger partial charge in [0, 0.05) is 29.6 Å². The zero-order chi connectivity index (χ0) is 22.7. The normalized spacial score (nSPS) is 22.7. The van der Waals surface area contributed by atoms with E-state index in [0.717, 1.165) is 10.5 Å². The SMILES string of the molecule is CSc1cccc(NC(=O)N[C@H]2CCN3C(=O)[C@@H](Cc4ccc(O)cc4)NC(=O)[C@@H]3C2)c1. The number of urea groups is 1. The third-order valence-electron chi connectivity index (χ3n) is 5.84. The molecule has 0 radical (unpaired) electrons. The van der Waals surface area contributed by atoms with Gasteiger partial charge in [-0.15, -0.1) is 11.8 Å². The molecule has 3 atom stereocenters. The molecule has 0 aromatic heterocycles. The number of benzene rings is 2. The molecule has 2 heterocycles. The number of carbonyl (C=O) groups excluding carboxylic acids is 3. The average Bonchev–Trinajstić information content (AvgIpc) is 2.79. The second-order valence-corrected chi connectivity index (χ2v) is 8.91. The maximum atomic E-state index is 13.0. The zero-order valence-electron chi connectivity index (χ0n) is 17.7. The standard InChI is InChI=1S/C23H26N4O4S/c1-32-18-4-2-3-15(12-18)24-23(31)25-16-9-10-27-20(13-16)21(29)26-19(22(27)30)11-14-5-7-17(28)8-6-14/h2-8,12,16,19-20,28H,9-11,13H2,1H3,(H,26,29)(H2,24,25,31)/t16-,19+,20-/m0/s1. The van der Waals surface area contributed by atoms with Gasteiger partial charge in [-0.2, -0.15) is 0 Å². The molecule has 2 aliphatic rings. The second kappa shape index (κ2) is 9.52. The Hall–Kier alpha value is -3.20. The number of piperazine rings is 1. The number of aromatic hydroxyl groups is 1. The van der Waals surface area contributed by atoms with E-state index in [2.05, 4.69) is 16.0 Å². The summed E-state index contributed by atoms with van der Waals surface area (Å²) in [6, 6.07) is 12.4. The number of hydrogen-bond acceptors (Lipinski definition) is 5. The van der Waals surface area contributed by atoms with Gasteiger partial charge < -0.3 is 26.0 Å². The van der Waals surface area contributed by atoms with Crippen LogP contribution in [-0.4, -0.2) is 58.8 Å². The molecule has 0 spiro atoms. The van der Waals surface area contributed by atoms with Crippen molar-refractivity contribution in [2.75, 3.05) is 18.1 Å². The number of fused-ring (bicyclic) bond motifs is 1. The highest BCUT2D eigenvalue weighted by molar-refractivity contribution is 7.98. The minimum absolute atomic E-state index is 0.112. The number of phenols is 1. The molecule has 8 nitrogen and oxygen atoms in total. The van der Waals surface area contributed by atoms with E-state index in [-0.39, 0.29) is 29.6 Å². The van der Waals surface area contributed by atoms with Crippen LogP contribution in [0.2, 0.25) is 0 Å². The van der Waals surface area contributed by atoms with Crippen molar-refractivity contribution in [1.82, 2.24) is 15.5 Å². The van der Waals surface area contributed by atoms with Crippen molar-refractivity contribution < 1.29 is 19.5 Å². The first-order valence-electron chi connectivity index (χ1n) is 10.5. The van der Waals surface area contributed by atoms with Gasteiger partial charge in [0.1, 0.15) is 17.8 Å². The molecule has 9 heteroatoms. The van der Waals surface area contributed by atoms with Gasteiger partial charge in [0.05, 0.1) is 0 Å². The van der Waals surface area contributed by atoms with E-state index in [9.17, 15) is 19.5 Å². The lowest BCUT2D eigenvalue weighted by molar-refractivity contribution is -0.151. The second-order valence-electron chi connectivity index (χ2n) is 8.03. The minimum Gasteiger partial charge on any atom is -0.508 e. The lowest BCUT2D eigenvalue weighted by Gasteiger charge is -2.44. The fourth-order valence-electron chi connectivity index (χ4n) is 4.20. The first-order valence-corrected chi connectivity index (χ1v) is 11.8. The van der Waals surface area contributed by atoms with Crippen LogP contribution < -0.4 is 16.0 Å². The lowest BCUT2D eigenvalue weighted by Crippen LogP contribution is -2.67. The van der Waals surface area contributed by atoms with E-state index in [1.807, 2.05) is 30.5 Å². The summed E-state index contributed by atoms with van der Waals surface area (Å²) in [5.74, 6) is -0.157. The summed E-state index contributed by atoms with van der Waals surface area (Å²) >= 11 is 1.59. The molecular weight excluding hydrogens is 428 g/mol. The largest absolute Gasteiger partial charge is 0.508 e. The summed E-state index contributed by atoms with van der Waals surface area (Å²) in [5, 5.41) is 18.0. The first-order chi connectivity index (χ1) is 15.4. The summed E-state index contributed by atoms with van der Waals surface area (Å²) in [6.07, 6.45) is 3.30. The van der Waals surface area contributed by atoms with Gasteiger partial charge >= 0.3 is 6.03 Å². The summed E-state index contributed by atoms with van der Waals surface area (Å²) in [7, 11) is 0. The van der Waals surface area contributed by atoms with E-state index in [0.29, 0.717) is 31.5 Å². The molecular formula is C23H26N4O4S. The van der Waals surface area contributed by atoms with Gasteiger partial charge in [0.25, 0.3) is 0 Å². The number of thioether (sulfide) groups is 1. The van der Waals surface area contributed by atoms with Crippen molar-refractivity contribution in [3.8, 4) is 5.75 Å². The third-order valence-corrected chi connectivity index (χ3v) is 6.57. The Balaban J connectivity index is 1.34. The highest BCUT2D eigenvalue weighted by Gasteiger charge is 2.44. The van der Waals surface area contributed by atoms with Crippen LogP contribution in [0.4, 0.5) is 10.5 Å². The van der Waals surface area contributed by atoms with Crippen molar-refractivity contribution >= 4 is 35.3 Å². The number of rotatable bonds is 5.